The number of nitro groups is 1. The first kappa shape index (κ1) is 17.4. The molecule has 2 atom stereocenters. The zero-order chi connectivity index (χ0) is 18.4. The number of amides is 1. The molecule has 1 amide bonds. The predicted molar refractivity (Wildman–Crippen MR) is 90.1 cm³/mol. The van der Waals surface area contributed by atoms with Gasteiger partial charge in [-0.2, -0.15) is 0 Å². The molecule has 2 heterocycles. The van der Waals surface area contributed by atoms with Crippen molar-refractivity contribution in [2.75, 3.05) is 31.1 Å². The van der Waals surface area contributed by atoms with Crippen molar-refractivity contribution in [1.29, 1.82) is 0 Å². The van der Waals surface area contributed by atoms with E-state index in [1.165, 1.54) is 12.1 Å². The summed E-state index contributed by atoms with van der Waals surface area (Å²) in [6.45, 7) is 7.93. The minimum atomic E-state index is -0.607. The molecule has 1 aromatic rings. The Kier molecular flexibility index (Phi) is 4.30. The summed E-state index contributed by atoms with van der Waals surface area (Å²) < 4.78 is 19.6. The van der Waals surface area contributed by atoms with Crippen LogP contribution in [0, 0.1) is 27.8 Å². The highest BCUT2D eigenvalue weighted by molar-refractivity contribution is 5.68. The van der Waals surface area contributed by atoms with Gasteiger partial charge in [-0.15, -0.1) is 0 Å². The molecule has 136 valence electrons. The van der Waals surface area contributed by atoms with Gasteiger partial charge in [-0.05, 0) is 26.8 Å². The van der Waals surface area contributed by atoms with Gasteiger partial charge < -0.3 is 14.5 Å². The van der Waals surface area contributed by atoms with Crippen molar-refractivity contribution in [3.63, 3.8) is 0 Å². The first-order chi connectivity index (χ1) is 11.6. The van der Waals surface area contributed by atoms with Crippen LogP contribution < -0.4 is 4.90 Å². The second-order valence-electron chi connectivity index (χ2n) is 7.70. The fourth-order valence-corrected chi connectivity index (χ4v) is 3.53. The zero-order valence-electron chi connectivity index (χ0n) is 14.6. The van der Waals surface area contributed by atoms with Crippen molar-refractivity contribution in [3.8, 4) is 0 Å². The molecule has 2 aliphatic rings. The second-order valence-corrected chi connectivity index (χ2v) is 7.70. The van der Waals surface area contributed by atoms with E-state index < -0.39 is 16.3 Å². The van der Waals surface area contributed by atoms with Gasteiger partial charge >= 0.3 is 6.09 Å². The number of likely N-dealkylation sites (tertiary alicyclic amines) is 1. The van der Waals surface area contributed by atoms with Gasteiger partial charge in [0.2, 0.25) is 0 Å². The van der Waals surface area contributed by atoms with E-state index in [0.717, 1.165) is 6.07 Å². The van der Waals surface area contributed by atoms with E-state index in [9.17, 15) is 19.3 Å². The molecule has 0 aliphatic carbocycles. The standard InChI is InChI=1S/C17H22FN3O4/c1-17(2,3)25-16(22)20-9-11-7-19(8-12(11)10-20)15-5-4-13(21(23)24)6-14(15)18/h4-6,11-12H,7-10H2,1-3H3. The molecule has 25 heavy (non-hydrogen) atoms. The lowest BCUT2D eigenvalue weighted by Crippen LogP contribution is -2.37. The number of nitrogens with zero attached hydrogens (tertiary/aromatic N) is 3. The number of nitro benzene ring substituents is 1. The van der Waals surface area contributed by atoms with E-state index in [2.05, 4.69) is 0 Å². The van der Waals surface area contributed by atoms with Crippen molar-refractivity contribution < 1.29 is 18.8 Å². The van der Waals surface area contributed by atoms with Crippen LogP contribution in [-0.4, -0.2) is 47.7 Å². The molecule has 3 rings (SSSR count). The van der Waals surface area contributed by atoms with Crippen LogP contribution in [-0.2, 0) is 4.74 Å². The van der Waals surface area contributed by atoms with E-state index in [1.54, 1.807) is 4.90 Å². The molecule has 0 bridgehead atoms. The van der Waals surface area contributed by atoms with Crippen molar-refractivity contribution in [2.24, 2.45) is 11.8 Å². The molecular weight excluding hydrogens is 329 g/mol. The Hall–Kier alpha value is -2.38. The third kappa shape index (κ3) is 3.67. The molecule has 0 aromatic heterocycles. The Morgan fingerprint density at radius 3 is 2.32 bits per heavy atom. The lowest BCUT2D eigenvalue weighted by atomic mass is 10.0. The van der Waals surface area contributed by atoms with Crippen LogP contribution in [0.5, 0.6) is 0 Å². The minimum Gasteiger partial charge on any atom is -0.444 e. The summed E-state index contributed by atoms with van der Waals surface area (Å²) in [5.74, 6) is -0.0811. The molecule has 0 radical (unpaired) electrons. The number of non-ortho nitro benzene ring substituents is 1. The topological polar surface area (TPSA) is 75.9 Å². The predicted octanol–water partition coefficient (Wildman–Crippen LogP) is 3.04. The Balaban J connectivity index is 1.64. The van der Waals surface area contributed by atoms with Crippen LogP contribution in [0.1, 0.15) is 20.8 Å². The number of benzene rings is 1. The summed E-state index contributed by atoms with van der Waals surface area (Å²) in [5.41, 5.74) is -0.400. The van der Waals surface area contributed by atoms with Crippen LogP contribution in [0.2, 0.25) is 0 Å². The van der Waals surface area contributed by atoms with Gasteiger partial charge in [-0.25, -0.2) is 9.18 Å². The minimum absolute atomic E-state index is 0.252. The third-order valence-electron chi connectivity index (χ3n) is 4.62. The SMILES string of the molecule is CC(C)(C)OC(=O)N1CC2CN(c3ccc([N+](=O)[O-])cc3F)CC2C1. The number of hydrogen-bond donors (Lipinski definition) is 0. The van der Waals surface area contributed by atoms with E-state index in [-0.39, 0.29) is 23.6 Å². The fraction of sp³-hybridized carbons (Fsp3) is 0.588. The molecule has 0 saturated carbocycles. The van der Waals surface area contributed by atoms with E-state index in [4.69, 9.17) is 4.74 Å². The first-order valence-corrected chi connectivity index (χ1v) is 8.31. The van der Waals surface area contributed by atoms with Crippen molar-refractivity contribution in [2.45, 2.75) is 26.4 Å². The third-order valence-corrected chi connectivity index (χ3v) is 4.62. The van der Waals surface area contributed by atoms with Crippen LogP contribution >= 0.6 is 0 Å². The molecule has 2 fully saturated rings. The first-order valence-electron chi connectivity index (χ1n) is 8.31. The molecule has 0 N–H and O–H groups in total. The lowest BCUT2D eigenvalue weighted by Gasteiger charge is -2.26. The van der Waals surface area contributed by atoms with Crippen LogP contribution in [0.3, 0.4) is 0 Å². The number of ether oxygens (including phenoxy) is 1. The van der Waals surface area contributed by atoms with Crippen molar-refractivity contribution >= 4 is 17.5 Å². The highest BCUT2D eigenvalue weighted by Crippen LogP contribution is 2.36. The van der Waals surface area contributed by atoms with Gasteiger partial charge in [0.05, 0.1) is 16.7 Å². The molecule has 7 nitrogen and oxygen atoms in total. The Morgan fingerprint density at radius 1 is 1.24 bits per heavy atom. The van der Waals surface area contributed by atoms with Crippen LogP contribution in [0.15, 0.2) is 18.2 Å². The largest absolute Gasteiger partial charge is 0.444 e. The number of hydrogen-bond acceptors (Lipinski definition) is 5. The molecule has 2 aliphatic heterocycles. The van der Waals surface area contributed by atoms with Gasteiger partial charge in [0, 0.05) is 44.1 Å². The molecule has 0 spiro atoms. The highest BCUT2D eigenvalue weighted by atomic mass is 19.1. The highest BCUT2D eigenvalue weighted by Gasteiger charge is 2.43. The number of carbonyl (C=O) groups excluding carboxylic acids is 1. The van der Waals surface area contributed by atoms with E-state index in [1.807, 2.05) is 25.7 Å². The van der Waals surface area contributed by atoms with Crippen molar-refractivity contribution in [3.05, 3.63) is 34.1 Å². The Morgan fingerprint density at radius 2 is 1.84 bits per heavy atom. The lowest BCUT2D eigenvalue weighted by molar-refractivity contribution is -0.385. The fourth-order valence-electron chi connectivity index (χ4n) is 3.53. The number of fused-ring (bicyclic) bond motifs is 1. The summed E-state index contributed by atoms with van der Waals surface area (Å²) in [4.78, 5) is 25.9. The molecule has 2 unspecified atom stereocenters. The zero-order valence-corrected chi connectivity index (χ0v) is 14.6. The summed E-state index contributed by atoms with van der Waals surface area (Å²) in [5, 5.41) is 10.7. The van der Waals surface area contributed by atoms with Gasteiger partial charge in [-0.3, -0.25) is 10.1 Å². The smallest absolute Gasteiger partial charge is 0.410 e. The van der Waals surface area contributed by atoms with Gasteiger partial charge in [0.1, 0.15) is 5.60 Å². The summed E-state index contributed by atoms with van der Waals surface area (Å²) in [6.07, 6.45) is -0.310. The maximum Gasteiger partial charge on any atom is 0.410 e. The van der Waals surface area contributed by atoms with E-state index in [0.29, 0.717) is 31.9 Å². The van der Waals surface area contributed by atoms with Crippen molar-refractivity contribution in [1.82, 2.24) is 4.90 Å². The van der Waals surface area contributed by atoms with Crippen LogP contribution in [0.4, 0.5) is 20.6 Å². The maximum absolute atomic E-state index is 14.2. The number of rotatable bonds is 2. The maximum atomic E-state index is 14.2. The average molecular weight is 351 g/mol. The Labute approximate surface area is 145 Å². The van der Waals surface area contributed by atoms with Gasteiger partial charge in [0.25, 0.3) is 5.69 Å². The summed E-state index contributed by atoms with van der Waals surface area (Å²) in [6, 6.07) is 3.73. The normalized spacial score (nSPS) is 22.9. The number of anilines is 1. The monoisotopic (exact) mass is 351 g/mol. The summed E-state index contributed by atoms with van der Waals surface area (Å²) in [7, 11) is 0. The number of halogens is 1. The molecule has 1 aromatic carbocycles. The number of carbonyl (C=O) groups is 1. The quantitative estimate of drug-likeness (QED) is 0.605. The molecule has 8 heteroatoms. The van der Waals surface area contributed by atoms with Gasteiger partial charge in [-0.1, -0.05) is 0 Å². The van der Waals surface area contributed by atoms with Gasteiger partial charge in [0.15, 0.2) is 5.82 Å². The van der Waals surface area contributed by atoms with Crippen LogP contribution in [0.25, 0.3) is 0 Å². The second kappa shape index (κ2) is 6.16. The average Bonchev–Trinajstić information content (AvgIpc) is 3.03. The van der Waals surface area contributed by atoms with E-state index >= 15 is 0 Å². The Bertz CT molecular complexity index is 690. The molecular formula is C17H22FN3O4. The summed E-state index contributed by atoms with van der Waals surface area (Å²) >= 11 is 0. The molecule has 2 saturated heterocycles.